The Labute approximate surface area is 108 Å². The van der Waals surface area contributed by atoms with Crippen LogP contribution in [-0.4, -0.2) is 9.36 Å². The zero-order chi connectivity index (χ0) is 11.8. The number of nitrogens with one attached hydrogen (secondary N) is 1. The third-order valence-corrected chi connectivity index (χ3v) is 4.77. The molecule has 1 fully saturated rings. The molecular formula is C11H14N4S2. The molecule has 3 rings (SSSR count). The summed E-state index contributed by atoms with van der Waals surface area (Å²) in [6.07, 6.45) is 2.49. The van der Waals surface area contributed by atoms with Gasteiger partial charge in [0.15, 0.2) is 0 Å². The first-order chi connectivity index (χ1) is 8.25. The fourth-order valence-electron chi connectivity index (χ4n) is 1.86. The van der Waals surface area contributed by atoms with Crippen LogP contribution >= 0.6 is 22.9 Å². The molecule has 4 nitrogen and oxygen atoms in total. The molecule has 6 heteroatoms. The van der Waals surface area contributed by atoms with E-state index in [1.54, 1.807) is 11.3 Å². The van der Waals surface area contributed by atoms with Crippen LogP contribution in [0.4, 0.5) is 10.8 Å². The van der Waals surface area contributed by atoms with Crippen LogP contribution in [0.3, 0.4) is 0 Å². The summed E-state index contributed by atoms with van der Waals surface area (Å²) < 4.78 is 4.24. The molecule has 1 saturated carbocycles. The van der Waals surface area contributed by atoms with E-state index in [-0.39, 0.29) is 0 Å². The van der Waals surface area contributed by atoms with Crippen molar-refractivity contribution in [3.63, 3.8) is 0 Å². The lowest BCUT2D eigenvalue weighted by Crippen LogP contribution is -2.00. The summed E-state index contributed by atoms with van der Waals surface area (Å²) >= 11 is 3.16. The minimum Gasteiger partial charge on any atom is -0.383 e. The zero-order valence-electron chi connectivity index (χ0n) is 9.56. The minimum absolute atomic E-state index is 0.638. The Morgan fingerprint density at radius 2 is 2.35 bits per heavy atom. The molecule has 90 valence electrons. The monoisotopic (exact) mass is 266 g/mol. The number of hydrogen-bond acceptors (Lipinski definition) is 6. The van der Waals surface area contributed by atoms with Gasteiger partial charge < -0.3 is 11.1 Å². The Hall–Kier alpha value is -1.14. The first-order valence-electron chi connectivity index (χ1n) is 5.63. The molecule has 2 heterocycles. The number of aromatic nitrogens is 2. The second-order valence-electron chi connectivity index (χ2n) is 4.30. The van der Waals surface area contributed by atoms with Crippen molar-refractivity contribution >= 4 is 33.7 Å². The molecule has 1 aliphatic carbocycles. The highest BCUT2D eigenvalue weighted by Crippen LogP contribution is 2.47. The van der Waals surface area contributed by atoms with E-state index in [9.17, 15) is 0 Å². The van der Waals surface area contributed by atoms with E-state index in [0.717, 1.165) is 17.2 Å². The van der Waals surface area contributed by atoms with Crippen molar-refractivity contribution in [3.8, 4) is 0 Å². The van der Waals surface area contributed by atoms with Crippen molar-refractivity contribution in [2.45, 2.75) is 32.2 Å². The molecule has 3 N–H and O–H groups in total. The van der Waals surface area contributed by atoms with Crippen LogP contribution in [-0.2, 0) is 6.54 Å². The lowest BCUT2D eigenvalue weighted by atomic mass is 10.2. The van der Waals surface area contributed by atoms with Crippen LogP contribution < -0.4 is 11.1 Å². The van der Waals surface area contributed by atoms with Crippen LogP contribution in [0.5, 0.6) is 0 Å². The predicted molar refractivity (Wildman–Crippen MR) is 72.7 cm³/mol. The van der Waals surface area contributed by atoms with Gasteiger partial charge >= 0.3 is 0 Å². The molecule has 0 unspecified atom stereocenters. The van der Waals surface area contributed by atoms with Gasteiger partial charge in [0.05, 0.1) is 17.7 Å². The maximum Gasteiger partial charge on any atom is 0.142 e. The van der Waals surface area contributed by atoms with Gasteiger partial charge in [0.1, 0.15) is 10.8 Å². The maximum absolute atomic E-state index is 5.91. The number of aryl methyl sites for hydroxylation is 1. The van der Waals surface area contributed by atoms with E-state index in [0.29, 0.717) is 11.7 Å². The van der Waals surface area contributed by atoms with Gasteiger partial charge in [0.25, 0.3) is 0 Å². The molecule has 0 radical (unpaired) electrons. The third kappa shape index (κ3) is 2.14. The molecule has 17 heavy (non-hydrogen) atoms. The van der Waals surface area contributed by atoms with Crippen LogP contribution in [0.1, 0.15) is 34.9 Å². The van der Waals surface area contributed by atoms with Crippen molar-refractivity contribution in [1.29, 1.82) is 0 Å². The van der Waals surface area contributed by atoms with Crippen molar-refractivity contribution in [1.82, 2.24) is 9.36 Å². The molecule has 1 aliphatic rings. The average Bonchev–Trinajstić information content (AvgIpc) is 2.96. The van der Waals surface area contributed by atoms with Crippen molar-refractivity contribution in [2.24, 2.45) is 0 Å². The molecule has 0 aliphatic heterocycles. The lowest BCUT2D eigenvalue weighted by molar-refractivity contribution is 1.09. The summed E-state index contributed by atoms with van der Waals surface area (Å²) in [7, 11) is 0. The standard InChI is InChI=1S/C11H14N4S2/c1-6-8(16-5-14-6)4-13-11-9(7-2-3-7)10(12)15-17-11/h5,7,13H,2-4H2,1H3,(H2,12,15). The van der Waals surface area contributed by atoms with Crippen LogP contribution in [0.2, 0.25) is 0 Å². The quantitative estimate of drug-likeness (QED) is 0.893. The average molecular weight is 266 g/mol. The van der Waals surface area contributed by atoms with Crippen molar-refractivity contribution in [2.75, 3.05) is 11.1 Å². The highest BCUT2D eigenvalue weighted by molar-refractivity contribution is 7.11. The van der Waals surface area contributed by atoms with Crippen LogP contribution in [0.15, 0.2) is 5.51 Å². The maximum atomic E-state index is 5.91. The molecular weight excluding hydrogens is 252 g/mol. The summed E-state index contributed by atoms with van der Waals surface area (Å²) in [5.74, 6) is 1.35. The summed E-state index contributed by atoms with van der Waals surface area (Å²) in [6, 6.07) is 0. The van der Waals surface area contributed by atoms with Gasteiger partial charge in [-0.2, -0.15) is 4.37 Å². The first kappa shape index (κ1) is 11.0. The van der Waals surface area contributed by atoms with Gasteiger partial charge in [-0.05, 0) is 37.2 Å². The molecule has 0 amide bonds. The molecule has 0 saturated heterocycles. The van der Waals surface area contributed by atoms with Crippen molar-refractivity contribution in [3.05, 3.63) is 21.6 Å². The SMILES string of the molecule is Cc1ncsc1CNc1snc(N)c1C1CC1. The fourth-order valence-corrected chi connectivity index (χ4v) is 3.37. The highest BCUT2D eigenvalue weighted by atomic mass is 32.1. The molecule has 0 aromatic carbocycles. The van der Waals surface area contributed by atoms with E-state index in [2.05, 4.69) is 14.7 Å². The summed E-state index contributed by atoms with van der Waals surface area (Å²) in [5, 5.41) is 4.58. The van der Waals surface area contributed by atoms with E-state index in [1.807, 2.05) is 12.4 Å². The smallest absolute Gasteiger partial charge is 0.142 e. The van der Waals surface area contributed by atoms with Gasteiger partial charge in [0.2, 0.25) is 0 Å². The predicted octanol–water partition coefficient (Wildman–Crippen LogP) is 2.98. The fraction of sp³-hybridized carbons (Fsp3) is 0.455. The Kier molecular flexibility index (Phi) is 2.76. The molecule has 2 aromatic heterocycles. The zero-order valence-corrected chi connectivity index (χ0v) is 11.2. The van der Waals surface area contributed by atoms with Gasteiger partial charge in [-0.1, -0.05) is 0 Å². The molecule has 0 spiro atoms. The Bertz CT molecular complexity index is 527. The second-order valence-corrected chi connectivity index (χ2v) is 6.01. The number of hydrogen-bond donors (Lipinski definition) is 2. The van der Waals surface area contributed by atoms with E-state index in [1.165, 1.54) is 34.8 Å². The number of nitrogen functional groups attached to an aromatic ring is 1. The van der Waals surface area contributed by atoms with Gasteiger partial charge in [-0.15, -0.1) is 11.3 Å². The van der Waals surface area contributed by atoms with E-state index in [4.69, 9.17) is 5.73 Å². The Morgan fingerprint density at radius 1 is 1.53 bits per heavy atom. The van der Waals surface area contributed by atoms with Gasteiger partial charge in [0, 0.05) is 10.4 Å². The molecule has 0 atom stereocenters. The lowest BCUT2D eigenvalue weighted by Gasteiger charge is -2.05. The minimum atomic E-state index is 0.638. The highest BCUT2D eigenvalue weighted by Gasteiger charge is 2.30. The Balaban J connectivity index is 1.75. The third-order valence-electron chi connectivity index (χ3n) is 3.00. The number of nitrogens with zero attached hydrogens (tertiary/aromatic N) is 2. The first-order valence-corrected chi connectivity index (χ1v) is 7.29. The second kappa shape index (κ2) is 4.27. The summed E-state index contributed by atoms with van der Waals surface area (Å²) in [5.41, 5.74) is 10.1. The van der Waals surface area contributed by atoms with Crippen LogP contribution in [0, 0.1) is 6.92 Å². The summed E-state index contributed by atoms with van der Waals surface area (Å²) in [6.45, 7) is 2.86. The molecule has 2 aromatic rings. The van der Waals surface area contributed by atoms with Gasteiger partial charge in [-0.25, -0.2) is 4.98 Å². The van der Waals surface area contributed by atoms with Gasteiger partial charge in [-0.3, -0.25) is 0 Å². The Morgan fingerprint density at radius 3 is 3.00 bits per heavy atom. The number of nitrogens with two attached hydrogens (primary N) is 1. The summed E-state index contributed by atoms with van der Waals surface area (Å²) in [4.78, 5) is 5.52. The number of anilines is 2. The topological polar surface area (TPSA) is 63.8 Å². The van der Waals surface area contributed by atoms with E-state index < -0.39 is 0 Å². The largest absolute Gasteiger partial charge is 0.383 e. The molecule has 0 bridgehead atoms. The van der Waals surface area contributed by atoms with Crippen LogP contribution in [0.25, 0.3) is 0 Å². The normalized spacial score (nSPS) is 15.1. The van der Waals surface area contributed by atoms with Crippen molar-refractivity contribution < 1.29 is 0 Å². The number of thiazole rings is 1. The van der Waals surface area contributed by atoms with E-state index >= 15 is 0 Å². The number of rotatable bonds is 4.